The van der Waals surface area contributed by atoms with Gasteiger partial charge in [0.05, 0.1) is 0 Å². The van der Waals surface area contributed by atoms with Gasteiger partial charge in [0.1, 0.15) is 12.2 Å². The van der Waals surface area contributed by atoms with Crippen LogP contribution in [0.3, 0.4) is 0 Å². The number of nitrogens with zero attached hydrogens (tertiary/aromatic N) is 3. The first kappa shape index (κ1) is 14.1. The Balaban J connectivity index is 1.69. The van der Waals surface area contributed by atoms with Crippen LogP contribution in [0.1, 0.15) is 51.4 Å². The van der Waals surface area contributed by atoms with Crippen molar-refractivity contribution in [2.75, 3.05) is 0 Å². The topological polar surface area (TPSA) is 79.9 Å². The lowest BCUT2D eigenvalue weighted by atomic mass is 9.92. The Bertz CT molecular complexity index is 332. The van der Waals surface area contributed by atoms with Crippen molar-refractivity contribution in [3.05, 3.63) is 10.1 Å². The number of nitro groups is 1. The summed E-state index contributed by atoms with van der Waals surface area (Å²) >= 11 is 0. The SMILES string of the molecule is O=[N+]([O-])C1CCC(NN=NC2CCCCC2F)CC1. The number of nitrogens with one attached hydrogen (secondary N) is 1. The molecule has 0 bridgehead atoms. The van der Waals surface area contributed by atoms with Gasteiger partial charge in [-0.05, 0) is 25.7 Å². The summed E-state index contributed by atoms with van der Waals surface area (Å²) in [6.07, 6.45) is 5.04. The normalized spacial score (nSPS) is 36.3. The molecule has 0 aromatic rings. The van der Waals surface area contributed by atoms with E-state index in [1.165, 1.54) is 0 Å². The molecule has 7 heteroatoms. The highest BCUT2D eigenvalue weighted by Crippen LogP contribution is 2.24. The zero-order valence-electron chi connectivity index (χ0n) is 11.0. The highest BCUT2D eigenvalue weighted by molar-refractivity contribution is 4.80. The first-order chi connectivity index (χ1) is 9.16. The molecule has 2 rings (SSSR count). The van der Waals surface area contributed by atoms with Crippen LogP contribution in [-0.4, -0.2) is 29.2 Å². The van der Waals surface area contributed by atoms with Gasteiger partial charge in [-0.1, -0.05) is 18.1 Å². The average molecular weight is 272 g/mol. The summed E-state index contributed by atoms with van der Waals surface area (Å²) in [5.41, 5.74) is 2.92. The fourth-order valence-corrected chi connectivity index (χ4v) is 2.80. The number of alkyl halides is 1. The lowest BCUT2D eigenvalue weighted by Gasteiger charge is -2.24. The summed E-state index contributed by atoms with van der Waals surface area (Å²) in [7, 11) is 0. The van der Waals surface area contributed by atoms with Gasteiger partial charge < -0.3 is 0 Å². The highest BCUT2D eigenvalue weighted by atomic mass is 19.1. The predicted molar refractivity (Wildman–Crippen MR) is 68.2 cm³/mol. The van der Waals surface area contributed by atoms with E-state index in [1.807, 2.05) is 0 Å². The molecule has 0 aromatic heterocycles. The van der Waals surface area contributed by atoms with Gasteiger partial charge in [0, 0.05) is 23.8 Å². The first-order valence-electron chi connectivity index (χ1n) is 7.09. The lowest BCUT2D eigenvalue weighted by molar-refractivity contribution is -0.526. The van der Waals surface area contributed by atoms with Gasteiger partial charge in [0.25, 0.3) is 0 Å². The summed E-state index contributed by atoms with van der Waals surface area (Å²) in [5.74, 6) is 0. The molecule has 108 valence electrons. The Labute approximate surface area is 112 Å². The Morgan fingerprint density at radius 3 is 2.42 bits per heavy atom. The molecule has 2 unspecified atom stereocenters. The van der Waals surface area contributed by atoms with E-state index in [4.69, 9.17) is 0 Å². The number of hydrogen-bond acceptors (Lipinski definition) is 4. The smallest absolute Gasteiger partial charge is 0.213 e. The predicted octanol–water partition coefficient (Wildman–Crippen LogP) is 2.81. The van der Waals surface area contributed by atoms with Crippen LogP contribution >= 0.6 is 0 Å². The fraction of sp³-hybridized carbons (Fsp3) is 1.00. The molecule has 1 N–H and O–H groups in total. The van der Waals surface area contributed by atoms with Crippen LogP contribution in [0.15, 0.2) is 10.3 Å². The maximum absolute atomic E-state index is 13.5. The van der Waals surface area contributed by atoms with E-state index in [-0.39, 0.29) is 17.0 Å². The van der Waals surface area contributed by atoms with Crippen molar-refractivity contribution in [1.29, 1.82) is 0 Å². The maximum Gasteiger partial charge on any atom is 0.213 e. The fourth-order valence-electron chi connectivity index (χ4n) is 2.80. The molecule has 2 aliphatic rings. The van der Waals surface area contributed by atoms with E-state index in [0.29, 0.717) is 19.3 Å². The Morgan fingerprint density at radius 2 is 1.79 bits per heavy atom. The van der Waals surface area contributed by atoms with E-state index >= 15 is 0 Å². The van der Waals surface area contributed by atoms with Gasteiger partial charge in [0.2, 0.25) is 6.04 Å². The molecule has 0 heterocycles. The largest absolute Gasteiger partial charge is 0.289 e. The molecule has 2 aliphatic carbocycles. The monoisotopic (exact) mass is 272 g/mol. The van der Waals surface area contributed by atoms with Crippen molar-refractivity contribution in [1.82, 2.24) is 5.43 Å². The second-order valence-corrected chi connectivity index (χ2v) is 5.50. The number of hydrogen-bond donors (Lipinski definition) is 1. The van der Waals surface area contributed by atoms with Crippen LogP contribution in [0.25, 0.3) is 0 Å². The number of rotatable bonds is 4. The Hall–Kier alpha value is -1.27. The minimum Gasteiger partial charge on any atom is -0.289 e. The Kier molecular flexibility index (Phi) is 5.04. The third-order valence-corrected chi connectivity index (χ3v) is 4.09. The standard InChI is InChI=1S/C12H21FN4O2/c13-11-3-1-2-4-12(11)15-16-14-9-5-7-10(8-6-9)17(18)19/h9-12H,1-8H2,(H,14,15). The van der Waals surface area contributed by atoms with Crippen molar-refractivity contribution in [2.24, 2.45) is 10.3 Å². The lowest BCUT2D eigenvalue weighted by Crippen LogP contribution is -2.34. The van der Waals surface area contributed by atoms with E-state index in [1.54, 1.807) is 0 Å². The quantitative estimate of drug-likeness (QED) is 0.485. The molecule has 0 spiro atoms. The molecular weight excluding hydrogens is 251 g/mol. The van der Waals surface area contributed by atoms with Gasteiger partial charge in [-0.3, -0.25) is 15.5 Å². The molecular formula is C12H21FN4O2. The van der Waals surface area contributed by atoms with Gasteiger partial charge in [-0.15, -0.1) is 0 Å². The van der Waals surface area contributed by atoms with Crippen LogP contribution in [0.4, 0.5) is 4.39 Å². The summed E-state index contributed by atoms with van der Waals surface area (Å²) in [5, 5.41) is 18.5. The van der Waals surface area contributed by atoms with E-state index < -0.39 is 12.2 Å². The zero-order valence-corrected chi connectivity index (χ0v) is 11.0. The molecule has 0 radical (unpaired) electrons. The molecule has 2 saturated carbocycles. The molecule has 19 heavy (non-hydrogen) atoms. The minimum absolute atomic E-state index is 0.140. The van der Waals surface area contributed by atoms with Crippen molar-refractivity contribution in [2.45, 2.75) is 75.7 Å². The molecule has 6 nitrogen and oxygen atoms in total. The van der Waals surface area contributed by atoms with Gasteiger partial charge in [-0.25, -0.2) is 4.39 Å². The van der Waals surface area contributed by atoms with Crippen molar-refractivity contribution in [3.8, 4) is 0 Å². The molecule has 2 atom stereocenters. The van der Waals surface area contributed by atoms with Gasteiger partial charge in [-0.2, -0.15) is 5.11 Å². The second-order valence-electron chi connectivity index (χ2n) is 5.50. The van der Waals surface area contributed by atoms with Crippen LogP contribution in [-0.2, 0) is 0 Å². The van der Waals surface area contributed by atoms with Gasteiger partial charge in [0.15, 0.2) is 0 Å². The maximum atomic E-state index is 13.5. The molecule has 0 aliphatic heterocycles. The van der Waals surface area contributed by atoms with Crippen LogP contribution in [0.5, 0.6) is 0 Å². The summed E-state index contributed by atoms with van der Waals surface area (Å²) in [6.45, 7) is 0. The first-order valence-corrected chi connectivity index (χ1v) is 7.09. The van der Waals surface area contributed by atoms with Gasteiger partial charge >= 0.3 is 0 Å². The van der Waals surface area contributed by atoms with Crippen molar-refractivity contribution < 1.29 is 9.31 Å². The third kappa shape index (κ3) is 4.11. The molecule has 2 fully saturated rings. The molecule has 0 saturated heterocycles. The van der Waals surface area contributed by atoms with Crippen LogP contribution in [0.2, 0.25) is 0 Å². The minimum atomic E-state index is -0.871. The van der Waals surface area contributed by atoms with E-state index in [0.717, 1.165) is 32.1 Å². The highest BCUT2D eigenvalue weighted by Gasteiger charge is 2.28. The average Bonchev–Trinajstić information content (AvgIpc) is 2.41. The molecule has 0 aromatic carbocycles. The summed E-state index contributed by atoms with van der Waals surface area (Å²) < 4.78 is 13.5. The number of halogens is 1. The second kappa shape index (κ2) is 6.77. The van der Waals surface area contributed by atoms with Crippen molar-refractivity contribution >= 4 is 0 Å². The van der Waals surface area contributed by atoms with E-state index in [2.05, 4.69) is 15.8 Å². The zero-order chi connectivity index (χ0) is 13.7. The summed E-state index contributed by atoms with van der Waals surface area (Å²) in [4.78, 5) is 10.4. The van der Waals surface area contributed by atoms with E-state index in [9.17, 15) is 14.5 Å². The van der Waals surface area contributed by atoms with Crippen molar-refractivity contribution in [3.63, 3.8) is 0 Å². The van der Waals surface area contributed by atoms with Crippen LogP contribution in [0, 0.1) is 10.1 Å². The molecule has 0 amide bonds. The third-order valence-electron chi connectivity index (χ3n) is 4.09. The summed E-state index contributed by atoms with van der Waals surface area (Å²) in [6, 6.07) is -0.582. The van der Waals surface area contributed by atoms with Crippen LogP contribution < -0.4 is 5.43 Å². The Morgan fingerprint density at radius 1 is 1.11 bits per heavy atom.